The van der Waals surface area contributed by atoms with E-state index in [0.29, 0.717) is 0 Å². The minimum absolute atomic E-state index is 0.742. The van der Waals surface area contributed by atoms with Crippen molar-refractivity contribution in [2.24, 2.45) is 0 Å². The summed E-state index contributed by atoms with van der Waals surface area (Å²) in [6, 6.07) is 0.746. The van der Waals surface area contributed by atoms with Gasteiger partial charge in [0.25, 0.3) is 0 Å². The summed E-state index contributed by atoms with van der Waals surface area (Å²) in [5, 5.41) is 8.40. The van der Waals surface area contributed by atoms with Crippen LogP contribution in [0.5, 0.6) is 0 Å². The van der Waals surface area contributed by atoms with E-state index >= 15 is 0 Å². The molecule has 0 radical (unpaired) electrons. The van der Waals surface area contributed by atoms with E-state index in [1.807, 2.05) is 0 Å². The number of aromatic nitrogens is 3. The Morgan fingerprint density at radius 1 is 1.17 bits per heavy atom. The van der Waals surface area contributed by atoms with Crippen LogP contribution in [-0.4, -0.2) is 14.8 Å². The highest BCUT2D eigenvalue weighted by Gasteiger charge is 2.35. The molecule has 0 aromatic carbocycles. The van der Waals surface area contributed by atoms with Crippen molar-refractivity contribution < 1.29 is 0 Å². The van der Waals surface area contributed by atoms with Gasteiger partial charge in [-0.25, -0.2) is 0 Å². The Bertz CT molecular complexity index is 308. The maximum Gasteiger partial charge on any atom is 0.136 e. The Morgan fingerprint density at radius 3 is 2.50 bits per heavy atom. The van der Waals surface area contributed by atoms with Gasteiger partial charge in [0.15, 0.2) is 0 Å². The van der Waals surface area contributed by atoms with Crippen molar-refractivity contribution in [2.45, 2.75) is 44.6 Å². The standard InChI is InChI=1S/C9H13N3/c1-6-10-11-9(7-2-3-7)12(6)8-4-5-8/h7-8H,2-5H2,1H3. The minimum Gasteiger partial charge on any atom is -0.312 e. The van der Waals surface area contributed by atoms with Crippen molar-refractivity contribution in [1.82, 2.24) is 14.8 Å². The summed E-state index contributed by atoms with van der Waals surface area (Å²) >= 11 is 0. The Kier molecular flexibility index (Phi) is 1.15. The molecule has 2 aliphatic carbocycles. The van der Waals surface area contributed by atoms with E-state index in [1.54, 1.807) is 0 Å². The van der Waals surface area contributed by atoms with Crippen LogP contribution in [0.3, 0.4) is 0 Å². The van der Waals surface area contributed by atoms with Crippen LogP contribution in [0.1, 0.15) is 49.3 Å². The number of hydrogen-bond donors (Lipinski definition) is 0. The molecule has 64 valence electrons. The van der Waals surface area contributed by atoms with E-state index < -0.39 is 0 Å². The maximum absolute atomic E-state index is 4.25. The van der Waals surface area contributed by atoms with Crippen molar-refractivity contribution in [3.63, 3.8) is 0 Å². The predicted octanol–water partition coefficient (Wildman–Crippen LogP) is 1.80. The molecule has 0 saturated heterocycles. The fraction of sp³-hybridized carbons (Fsp3) is 0.778. The lowest BCUT2D eigenvalue weighted by molar-refractivity contribution is 0.664. The van der Waals surface area contributed by atoms with Gasteiger partial charge in [-0.05, 0) is 32.6 Å². The van der Waals surface area contributed by atoms with E-state index in [2.05, 4.69) is 21.7 Å². The summed E-state index contributed by atoms with van der Waals surface area (Å²) in [6.45, 7) is 2.07. The van der Waals surface area contributed by atoms with Gasteiger partial charge in [-0.1, -0.05) is 0 Å². The molecule has 2 saturated carbocycles. The predicted molar refractivity (Wildman–Crippen MR) is 45.0 cm³/mol. The molecule has 0 bridgehead atoms. The second kappa shape index (κ2) is 2.09. The number of hydrogen-bond acceptors (Lipinski definition) is 2. The molecule has 12 heavy (non-hydrogen) atoms. The van der Waals surface area contributed by atoms with Gasteiger partial charge in [0.1, 0.15) is 11.6 Å². The molecule has 0 N–H and O–H groups in total. The highest BCUT2D eigenvalue weighted by molar-refractivity contribution is 5.11. The van der Waals surface area contributed by atoms with Crippen LogP contribution < -0.4 is 0 Å². The van der Waals surface area contributed by atoms with E-state index in [-0.39, 0.29) is 0 Å². The number of nitrogens with zero attached hydrogens (tertiary/aromatic N) is 3. The van der Waals surface area contributed by atoms with Crippen molar-refractivity contribution >= 4 is 0 Å². The van der Waals surface area contributed by atoms with Gasteiger partial charge >= 0.3 is 0 Å². The molecule has 3 nitrogen and oxygen atoms in total. The van der Waals surface area contributed by atoms with Crippen LogP contribution in [0.4, 0.5) is 0 Å². The lowest BCUT2D eigenvalue weighted by Gasteiger charge is -2.04. The molecular formula is C9H13N3. The zero-order valence-corrected chi connectivity index (χ0v) is 7.32. The van der Waals surface area contributed by atoms with Crippen LogP contribution in [0.2, 0.25) is 0 Å². The van der Waals surface area contributed by atoms with Crippen molar-refractivity contribution in [1.29, 1.82) is 0 Å². The molecule has 1 aromatic heterocycles. The third-order valence-corrected chi connectivity index (χ3v) is 2.75. The first-order valence-electron chi connectivity index (χ1n) is 4.77. The van der Waals surface area contributed by atoms with Gasteiger partial charge < -0.3 is 4.57 Å². The number of aryl methyl sites for hydroxylation is 1. The average molecular weight is 163 g/mol. The Labute approximate surface area is 71.8 Å². The topological polar surface area (TPSA) is 30.7 Å². The SMILES string of the molecule is Cc1nnc(C2CC2)n1C1CC1. The summed E-state index contributed by atoms with van der Waals surface area (Å²) in [6.07, 6.45) is 5.31. The van der Waals surface area contributed by atoms with Gasteiger partial charge in [0, 0.05) is 12.0 Å². The van der Waals surface area contributed by atoms with Crippen LogP contribution in [0.15, 0.2) is 0 Å². The van der Waals surface area contributed by atoms with Gasteiger partial charge in [-0.15, -0.1) is 10.2 Å². The summed E-state index contributed by atoms with van der Waals surface area (Å²) in [4.78, 5) is 0. The molecule has 1 heterocycles. The Morgan fingerprint density at radius 2 is 1.92 bits per heavy atom. The van der Waals surface area contributed by atoms with Crippen molar-refractivity contribution in [3.8, 4) is 0 Å². The second-order valence-corrected chi connectivity index (χ2v) is 3.98. The highest BCUT2D eigenvalue weighted by atomic mass is 15.3. The molecule has 0 unspecified atom stereocenters. The van der Waals surface area contributed by atoms with E-state index in [4.69, 9.17) is 0 Å². The lowest BCUT2D eigenvalue weighted by Crippen LogP contribution is -2.01. The van der Waals surface area contributed by atoms with Gasteiger partial charge in [-0.2, -0.15) is 0 Å². The number of rotatable bonds is 2. The Hall–Kier alpha value is -0.860. The van der Waals surface area contributed by atoms with Crippen LogP contribution in [-0.2, 0) is 0 Å². The molecule has 0 atom stereocenters. The highest BCUT2D eigenvalue weighted by Crippen LogP contribution is 2.44. The van der Waals surface area contributed by atoms with Crippen molar-refractivity contribution in [3.05, 3.63) is 11.6 Å². The van der Waals surface area contributed by atoms with Gasteiger partial charge in [0.2, 0.25) is 0 Å². The van der Waals surface area contributed by atoms with E-state index in [0.717, 1.165) is 17.8 Å². The fourth-order valence-electron chi connectivity index (χ4n) is 1.79. The first-order chi connectivity index (χ1) is 5.86. The zero-order valence-electron chi connectivity index (χ0n) is 7.32. The molecule has 0 amide bonds. The first kappa shape index (κ1) is 6.63. The van der Waals surface area contributed by atoms with E-state index in [1.165, 1.54) is 31.5 Å². The minimum atomic E-state index is 0.742. The molecule has 2 aliphatic rings. The molecule has 0 spiro atoms. The molecule has 1 aromatic rings. The largest absolute Gasteiger partial charge is 0.312 e. The summed E-state index contributed by atoms with van der Waals surface area (Å²) in [5.74, 6) is 3.11. The summed E-state index contributed by atoms with van der Waals surface area (Å²) < 4.78 is 2.36. The van der Waals surface area contributed by atoms with Crippen molar-refractivity contribution in [2.75, 3.05) is 0 Å². The fourth-order valence-corrected chi connectivity index (χ4v) is 1.79. The quantitative estimate of drug-likeness (QED) is 0.665. The maximum atomic E-state index is 4.25. The average Bonchev–Trinajstić information content (AvgIpc) is 2.93. The molecular weight excluding hydrogens is 150 g/mol. The van der Waals surface area contributed by atoms with Gasteiger partial charge in [0.05, 0.1) is 0 Å². The molecule has 2 fully saturated rings. The molecule has 0 aliphatic heterocycles. The normalized spacial score (nSPS) is 23.1. The first-order valence-corrected chi connectivity index (χ1v) is 4.77. The zero-order chi connectivity index (χ0) is 8.13. The van der Waals surface area contributed by atoms with Crippen LogP contribution in [0.25, 0.3) is 0 Å². The third kappa shape index (κ3) is 0.886. The van der Waals surface area contributed by atoms with Crippen LogP contribution >= 0.6 is 0 Å². The third-order valence-electron chi connectivity index (χ3n) is 2.75. The molecule has 3 rings (SSSR count). The second-order valence-electron chi connectivity index (χ2n) is 3.98. The summed E-state index contributed by atoms with van der Waals surface area (Å²) in [5.41, 5.74) is 0. The Balaban J connectivity index is 2.04. The monoisotopic (exact) mass is 163 g/mol. The summed E-state index contributed by atoms with van der Waals surface area (Å²) in [7, 11) is 0. The van der Waals surface area contributed by atoms with Gasteiger partial charge in [-0.3, -0.25) is 0 Å². The molecule has 3 heteroatoms. The van der Waals surface area contributed by atoms with Crippen LogP contribution in [0, 0.1) is 6.92 Å². The van der Waals surface area contributed by atoms with E-state index in [9.17, 15) is 0 Å². The smallest absolute Gasteiger partial charge is 0.136 e. The lowest BCUT2D eigenvalue weighted by atomic mass is 10.4.